The van der Waals surface area contributed by atoms with Gasteiger partial charge in [0.1, 0.15) is 6.54 Å². The number of ether oxygens (including phenoxy) is 2. The first kappa shape index (κ1) is 18.8. The van der Waals surface area contributed by atoms with Gasteiger partial charge in [0.05, 0.1) is 18.9 Å². The Morgan fingerprint density at radius 3 is 2.33 bits per heavy atom. The van der Waals surface area contributed by atoms with E-state index in [0.717, 1.165) is 11.0 Å². The normalized spacial score (nSPS) is 21.2. The number of fused-ring (bicyclic) bond motifs is 1. The minimum Gasteiger partial charge on any atom is -0.494 e. The van der Waals surface area contributed by atoms with Gasteiger partial charge in [-0.15, -0.1) is 0 Å². The standard InChI is InChI=1S/C19H18FNO6/c1-26-16-7-6-11(8-14(16)20)15(22)10-27-17(23)9-21-18(24)12-4-2-3-5-13(12)19(21)25/h2-3,6-8,12-13H,4-5,9-10H2,1H3/t12-,13-/m1/s1. The molecule has 3 rings (SSSR count). The minimum atomic E-state index is -0.870. The predicted octanol–water partition coefficient (Wildman–Crippen LogP) is 1.51. The number of nitrogens with zero attached hydrogens (tertiary/aromatic N) is 1. The Bertz CT molecular complexity index is 807. The Morgan fingerprint density at radius 1 is 1.15 bits per heavy atom. The number of hydrogen-bond acceptors (Lipinski definition) is 6. The van der Waals surface area contributed by atoms with E-state index in [2.05, 4.69) is 0 Å². The van der Waals surface area contributed by atoms with E-state index in [4.69, 9.17) is 9.47 Å². The lowest BCUT2D eigenvalue weighted by Crippen LogP contribution is -2.37. The second-order valence-electron chi connectivity index (χ2n) is 6.35. The number of likely N-dealkylation sites (tertiary alicyclic amines) is 1. The number of ketones is 1. The molecule has 0 radical (unpaired) electrons. The lowest BCUT2D eigenvalue weighted by molar-refractivity contribution is -0.152. The van der Waals surface area contributed by atoms with Crippen molar-refractivity contribution in [1.82, 2.24) is 4.90 Å². The summed E-state index contributed by atoms with van der Waals surface area (Å²) in [6, 6.07) is 3.63. The minimum absolute atomic E-state index is 0.00874. The fourth-order valence-electron chi connectivity index (χ4n) is 3.27. The maximum Gasteiger partial charge on any atom is 0.326 e. The highest BCUT2D eigenvalue weighted by atomic mass is 19.1. The van der Waals surface area contributed by atoms with E-state index in [1.807, 2.05) is 12.2 Å². The van der Waals surface area contributed by atoms with E-state index in [9.17, 15) is 23.6 Å². The van der Waals surface area contributed by atoms with Crippen molar-refractivity contribution in [3.05, 3.63) is 41.7 Å². The summed E-state index contributed by atoms with van der Waals surface area (Å²) in [5.41, 5.74) is 0.0199. The molecule has 1 heterocycles. The van der Waals surface area contributed by atoms with Crippen LogP contribution >= 0.6 is 0 Å². The van der Waals surface area contributed by atoms with Crippen LogP contribution in [0.3, 0.4) is 0 Å². The molecule has 1 fully saturated rings. The topological polar surface area (TPSA) is 90.0 Å². The first-order valence-corrected chi connectivity index (χ1v) is 8.45. The summed E-state index contributed by atoms with van der Waals surface area (Å²) in [5.74, 6) is -3.85. The summed E-state index contributed by atoms with van der Waals surface area (Å²) >= 11 is 0. The Labute approximate surface area is 154 Å². The molecule has 2 amide bonds. The van der Waals surface area contributed by atoms with Crippen molar-refractivity contribution in [2.75, 3.05) is 20.3 Å². The zero-order chi connectivity index (χ0) is 19.6. The number of imide groups is 1. The summed E-state index contributed by atoms with van der Waals surface area (Å²) in [6.45, 7) is -1.15. The van der Waals surface area contributed by atoms with Crippen molar-refractivity contribution in [1.29, 1.82) is 0 Å². The van der Waals surface area contributed by atoms with Gasteiger partial charge in [-0.25, -0.2) is 4.39 Å². The van der Waals surface area contributed by atoms with Gasteiger partial charge >= 0.3 is 5.97 Å². The fraction of sp³-hybridized carbons (Fsp3) is 0.368. The fourth-order valence-corrected chi connectivity index (χ4v) is 3.27. The third kappa shape index (κ3) is 3.74. The number of rotatable bonds is 6. The number of allylic oxidation sites excluding steroid dienone is 2. The van der Waals surface area contributed by atoms with Crippen molar-refractivity contribution in [2.24, 2.45) is 11.8 Å². The SMILES string of the molecule is COc1ccc(C(=O)COC(=O)CN2C(=O)[C@@H]3CC=CC[C@H]3C2=O)cc1F. The molecule has 0 N–H and O–H groups in total. The number of carbonyl (C=O) groups excluding carboxylic acids is 4. The van der Waals surface area contributed by atoms with Gasteiger partial charge in [-0.3, -0.25) is 24.1 Å². The number of amides is 2. The number of esters is 1. The van der Waals surface area contributed by atoms with Gasteiger partial charge in [0, 0.05) is 5.56 Å². The zero-order valence-corrected chi connectivity index (χ0v) is 14.6. The van der Waals surface area contributed by atoms with Crippen molar-refractivity contribution < 1.29 is 33.0 Å². The molecular weight excluding hydrogens is 357 g/mol. The molecule has 0 saturated carbocycles. The number of halogens is 1. The monoisotopic (exact) mass is 375 g/mol. The van der Waals surface area contributed by atoms with Crippen LogP contribution in [0.15, 0.2) is 30.4 Å². The molecule has 0 bridgehead atoms. The first-order chi connectivity index (χ1) is 12.9. The van der Waals surface area contributed by atoms with E-state index in [1.54, 1.807) is 0 Å². The Balaban J connectivity index is 1.55. The van der Waals surface area contributed by atoms with Gasteiger partial charge in [-0.1, -0.05) is 12.2 Å². The second kappa shape index (κ2) is 7.69. The van der Waals surface area contributed by atoms with Gasteiger partial charge in [0.25, 0.3) is 0 Å². The van der Waals surface area contributed by atoms with Gasteiger partial charge in [0.2, 0.25) is 11.8 Å². The van der Waals surface area contributed by atoms with Crippen LogP contribution in [-0.2, 0) is 19.1 Å². The van der Waals surface area contributed by atoms with E-state index in [-0.39, 0.29) is 11.3 Å². The van der Waals surface area contributed by atoms with Crippen LogP contribution in [0.25, 0.3) is 0 Å². The average Bonchev–Trinajstić information content (AvgIpc) is 2.91. The predicted molar refractivity (Wildman–Crippen MR) is 90.3 cm³/mol. The second-order valence-corrected chi connectivity index (χ2v) is 6.35. The molecular formula is C19H18FNO6. The third-order valence-corrected chi connectivity index (χ3v) is 4.72. The summed E-state index contributed by atoms with van der Waals surface area (Å²) in [6.07, 6.45) is 4.65. The van der Waals surface area contributed by atoms with Crippen molar-refractivity contribution >= 4 is 23.6 Å². The maximum absolute atomic E-state index is 13.6. The zero-order valence-electron chi connectivity index (χ0n) is 14.6. The molecule has 1 aliphatic heterocycles. The van der Waals surface area contributed by atoms with Crippen LogP contribution in [0.2, 0.25) is 0 Å². The highest BCUT2D eigenvalue weighted by Crippen LogP contribution is 2.34. The van der Waals surface area contributed by atoms with Gasteiger partial charge in [-0.05, 0) is 31.0 Å². The molecule has 27 heavy (non-hydrogen) atoms. The molecule has 8 heteroatoms. The number of carbonyl (C=O) groups is 4. The van der Waals surface area contributed by atoms with E-state index >= 15 is 0 Å². The first-order valence-electron chi connectivity index (χ1n) is 8.45. The van der Waals surface area contributed by atoms with Crippen LogP contribution in [0.5, 0.6) is 5.75 Å². The molecule has 2 aliphatic rings. The molecule has 2 atom stereocenters. The van der Waals surface area contributed by atoms with E-state index < -0.39 is 54.4 Å². The van der Waals surface area contributed by atoms with Crippen LogP contribution < -0.4 is 4.74 Å². The van der Waals surface area contributed by atoms with E-state index in [0.29, 0.717) is 12.8 Å². The number of methoxy groups -OCH3 is 1. The number of Topliss-reactive ketones (excluding diaryl/α,β-unsaturated/α-hetero) is 1. The van der Waals surface area contributed by atoms with Crippen LogP contribution in [0.1, 0.15) is 23.2 Å². The van der Waals surface area contributed by atoms with Crippen molar-refractivity contribution in [2.45, 2.75) is 12.8 Å². The quantitative estimate of drug-likeness (QED) is 0.324. The summed E-state index contributed by atoms with van der Waals surface area (Å²) in [4.78, 5) is 49.5. The van der Waals surface area contributed by atoms with Gasteiger partial charge < -0.3 is 9.47 Å². The number of benzene rings is 1. The van der Waals surface area contributed by atoms with Crippen molar-refractivity contribution in [3.8, 4) is 5.75 Å². The van der Waals surface area contributed by atoms with Crippen LogP contribution in [0.4, 0.5) is 4.39 Å². The molecule has 0 aromatic heterocycles. The Kier molecular flexibility index (Phi) is 5.34. The lowest BCUT2D eigenvalue weighted by atomic mass is 9.85. The van der Waals surface area contributed by atoms with Gasteiger partial charge in [-0.2, -0.15) is 0 Å². The van der Waals surface area contributed by atoms with Gasteiger partial charge in [0.15, 0.2) is 24.0 Å². The summed E-state index contributed by atoms with van der Waals surface area (Å²) < 4.78 is 23.3. The molecule has 142 valence electrons. The maximum atomic E-state index is 13.6. The molecule has 7 nitrogen and oxygen atoms in total. The third-order valence-electron chi connectivity index (χ3n) is 4.72. The van der Waals surface area contributed by atoms with E-state index in [1.165, 1.54) is 19.2 Å². The average molecular weight is 375 g/mol. The molecule has 1 aliphatic carbocycles. The molecule has 1 aromatic rings. The largest absolute Gasteiger partial charge is 0.494 e. The highest BCUT2D eigenvalue weighted by Gasteiger charge is 2.47. The molecule has 1 saturated heterocycles. The Morgan fingerprint density at radius 2 is 1.78 bits per heavy atom. The van der Waals surface area contributed by atoms with Crippen molar-refractivity contribution in [3.63, 3.8) is 0 Å². The smallest absolute Gasteiger partial charge is 0.326 e. The summed E-state index contributed by atoms with van der Waals surface area (Å²) in [7, 11) is 1.30. The van der Waals surface area contributed by atoms with Crippen LogP contribution in [-0.4, -0.2) is 48.7 Å². The molecule has 0 unspecified atom stereocenters. The Hall–Kier alpha value is -3.03. The summed E-state index contributed by atoms with van der Waals surface area (Å²) in [5, 5.41) is 0. The molecule has 1 aromatic carbocycles. The highest BCUT2D eigenvalue weighted by molar-refractivity contribution is 6.07. The lowest BCUT2D eigenvalue weighted by Gasteiger charge is -2.14. The molecule has 0 spiro atoms. The number of hydrogen-bond donors (Lipinski definition) is 0. The van der Waals surface area contributed by atoms with Crippen LogP contribution in [0, 0.1) is 17.7 Å².